The number of rotatable bonds is 3. The average Bonchev–Trinajstić information content (AvgIpc) is 2.27. The van der Waals surface area contributed by atoms with Crippen molar-refractivity contribution in [2.75, 3.05) is 20.2 Å². The summed E-state index contributed by atoms with van der Waals surface area (Å²) in [5.41, 5.74) is 0. The molecule has 5 nitrogen and oxygen atoms in total. The molecule has 0 bridgehead atoms. The van der Waals surface area contributed by atoms with Gasteiger partial charge in [0.25, 0.3) is 0 Å². The second-order valence-corrected chi connectivity index (χ2v) is 4.92. The maximum absolute atomic E-state index is 11.6. The Morgan fingerprint density at radius 1 is 1.47 bits per heavy atom. The van der Waals surface area contributed by atoms with Crippen molar-refractivity contribution in [1.29, 1.82) is 0 Å². The number of amides is 2. The van der Waals surface area contributed by atoms with Crippen molar-refractivity contribution in [3.63, 3.8) is 0 Å². The van der Waals surface area contributed by atoms with E-state index in [-0.39, 0.29) is 18.0 Å². The van der Waals surface area contributed by atoms with Gasteiger partial charge in [-0.05, 0) is 18.8 Å². The number of hydrogen-bond donors (Lipinski definition) is 1. The van der Waals surface area contributed by atoms with Gasteiger partial charge in [0.2, 0.25) is 5.91 Å². The summed E-state index contributed by atoms with van der Waals surface area (Å²) in [6, 6.07) is 0.0640. The molecule has 1 aliphatic heterocycles. The normalized spacial score (nSPS) is 20.2. The lowest BCUT2D eigenvalue weighted by Crippen LogP contribution is -2.49. The van der Waals surface area contributed by atoms with Crippen LogP contribution >= 0.6 is 0 Å². The van der Waals surface area contributed by atoms with Gasteiger partial charge in [0.1, 0.15) is 0 Å². The Morgan fingerprint density at radius 2 is 2.18 bits per heavy atom. The summed E-state index contributed by atoms with van der Waals surface area (Å²) in [6.45, 7) is 5.29. The largest absolute Gasteiger partial charge is 0.453 e. The van der Waals surface area contributed by atoms with Crippen LogP contribution in [0, 0.1) is 5.92 Å². The molecule has 98 valence electrons. The monoisotopic (exact) mass is 242 g/mol. The first-order valence-corrected chi connectivity index (χ1v) is 6.15. The minimum atomic E-state index is -0.312. The molecule has 17 heavy (non-hydrogen) atoms. The van der Waals surface area contributed by atoms with Crippen LogP contribution in [0.2, 0.25) is 0 Å². The van der Waals surface area contributed by atoms with Crippen molar-refractivity contribution < 1.29 is 14.3 Å². The Bertz CT molecular complexity index is 279. The fourth-order valence-electron chi connectivity index (χ4n) is 2.05. The summed E-state index contributed by atoms with van der Waals surface area (Å²) in [5.74, 6) is 0.423. The lowest BCUT2D eigenvalue weighted by atomic mass is 10.0. The summed E-state index contributed by atoms with van der Waals surface area (Å²) in [7, 11) is 1.38. The molecule has 1 atom stereocenters. The molecule has 0 aromatic rings. The van der Waals surface area contributed by atoms with E-state index in [1.54, 1.807) is 4.90 Å². The van der Waals surface area contributed by atoms with E-state index in [0.717, 1.165) is 12.8 Å². The van der Waals surface area contributed by atoms with Crippen molar-refractivity contribution in [1.82, 2.24) is 10.2 Å². The number of piperidine rings is 1. The number of ether oxygens (including phenoxy) is 1. The van der Waals surface area contributed by atoms with Crippen LogP contribution in [0.3, 0.4) is 0 Å². The summed E-state index contributed by atoms with van der Waals surface area (Å²) < 4.78 is 4.68. The standard InChI is InChI=1S/C12H22N2O3/c1-9(2)7-11(15)13-10-5-4-6-14(8-10)12(16)17-3/h9-10H,4-8H2,1-3H3,(H,13,15). The van der Waals surface area contributed by atoms with E-state index in [4.69, 9.17) is 0 Å². The van der Waals surface area contributed by atoms with Crippen LogP contribution in [-0.4, -0.2) is 43.1 Å². The molecule has 0 aromatic carbocycles. The molecule has 1 unspecified atom stereocenters. The molecule has 0 saturated carbocycles. The first-order valence-electron chi connectivity index (χ1n) is 6.15. The molecular weight excluding hydrogens is 220 g/mol. The topological polar surface area (TPSA) is 58.6 Å². The van der Waals surface area contributed by atoms with Crippen LogP contribution in [-0.2, 0) is 9.53 Å². The average molecular weight is 242 g/mol. The van der Waals surface area contributed by atoms with Gasteiger partial charge in [0, 0.05) is 25.6 Å². The minimum absolute atomic E-state index is 0.0640. The van der Waals surface area contributed by atoms with Gasteiger partial charge in [0.05, 0.1) is 7.11 Å². The molecule has 1 fully saturated rings. The third-order valence-corrected chi connectivity index (χ3v) is 2.81. The summed E-state index contributed by atoms with van der Waals surface area (Å²) in [6.07, 6.45) is 2.06. The Morgan fingerprint density at radius 3 is 2.76 bits per heavy atom. The van der Waals surface area contributed by atoms with Gasteiger partial charge in [-0.2, -0.15) is 0 Å². The molecule has 1 saturated heterocycles. The highest BCUT2D eigenvalue weighted by Gasteiger charge is 2.25. The van der Waals surface area contributed by atoms with Crippen molar-refractivity contribution in [3.8, 4) is 0 Å². The van der Waals surface area contributed by atoms with Gasteiger partial charge in [-0.25, -0.2) is 4.79 Å². The lowest BCUT2D eigenvalue weighted by Gasteiger charge is -2.32. The SMILES string of the molecule is COC(=O)N1CCCC(NC(=O)CC(C)C)C1. The molecule has 1 rings (SSSR count). The van der Waals surface area contributed by atoms with Crippen molar-refractivity contribution in [3.05, 3.63) is 0 Å². The van der Waals surface area contributed by atoms with Gasteiger partial charge < -0.3 is 15.0 Å². The van der Waals surface area contributed by atoms with Crippen LogP contribution < -0.4 is 5.32 Å². The molecular formula is C12H22N2O3. The van der Waals surface area contributed by atoms with Crippen LogP contribution in [0.4, 0.5) is 4.79 Å². The Balaban J connectivity index is 2.39. The highest BCUT2D eigenvalue weighted by atomic mass is 16.5. The van der Waals surface area contributed by atoms with Crippen molar-refractivity contribution >= 4 is 12.0 Å². The van der Waals surface area contributed by atoms with Crippen LogP contribution in [0.1, 0.15) is 33.1 Å². The van der Waals surface area contributed by atoms with E-state index in [0.29, 0.717) is 25.4 Å². The summed E-state index contributed by atoms with van der Waals surface area (Å²) in [4.78, 5) is 24.6. The summed E-state index contributed by atoms with van der Waals surface area (Å²) in [5, 5.41) is 2.97. The van der Waals surface area contributed by atoms with Gasteiger partial charge >= 0.3 is 6.09 Å². The number of carbonyl (C=O) groups excluding carboxylic acids is 2. The predicted octanol–water partition coefficient (Wildman–Crippen LogP) is 1.38. The zero-order valence-electron chi connectivity index (χ0n) is 10.9. The van der Waals surface area contributed by atoms with Crippen molar-refractivity contribution in [2.24, 2.45) is 5.92 Å². The molecule has 1 N–H and O–H groups in total. The van der Waals surface area contributed by atoms with Gasteiger partial charge in [-0.1, -0.05) is 13.8 Å². The second-order valence-electron chi connectivity index (χ2n) is 4.92. The minimum Gasteiger partial charge on any atom is -0.453 e. The number of hydrogen-bond acceptors (Lipinski definition) is 3. The molecule has 1 aliphatic rings. The number of nitrogens with one attached hydrogen (secondary N) is 1. The third kappa shape index (κ3) is 4.63. The smallest absolute Gasteiger partial charge is 0.409 e. The number of likely N-dealkylation sites (tertiary alicyclic amines) is 1. The van der Waals surface area contributed by atoms with E-state index in [1.807, 2.05) is 13.8 Å². The fraction of sp³-hybridized carbons (Fsp3) is 0.833. The van der Waals surface area contributed by atoms with Crippen LogP contribution in [0.5, 0.6) is 0 Å². The maximum atomic E-state index is 11.6. The maximum Gasteiger partial charge on any atom is 0.409 e. The van der Waals surface area contributed by atoms with Crippen LogP contribution in [0.25, 0.3) is 0 Å². The Kier molecular flexibility index (Phi) is 5.25. The van der Waals surface area contributed by atoms with Crippen molar-refractivity contribution in [2.45, 2.75) is 39.2 Å². The van der Waals surface area contributed by atoms with Gasteiger partial charge in [-0.3, -0.25) is 4.79 Å². The molecule has 0 spiro atoms. The highest BCUT2D eigenvalue weighted by Crippen LogP contribution is 2.11. The number of nitrogens with zero attached hydrogens (tertiary/aromatic N) is 1. The molecule has 5 heteroatoms. The fourth-order valence-corrected chi connectivity index (χ4v) is 2.05. The number of carbonyl (C=O) groups is 2. The van der Waals surface area contributed by atoms with E-state index in [1.165, 1.54) is 7.11 Å². The first-order chi connectivity index (χ1) is 8.02. The lowest BCUT2D eigenvalue weighted by molar-refractivity contribution is -0.122. The zero-order chi connectivity index (χ0) is 12.8. The molecule has 2 amide bonds. The van der Waals surface area contributed by atoms with Gasteiger partial charge in [0.15, 0.2) is 0 Å². The van der Waals surface area contributed by atoms with Crippen LogP contribution in [0.15, 0.2) is 0 Å². The highest BCUT2D eigenvalue weighted by molar-refractivity contribution is 5.76. The van der Waals surface area contributed by atoms with E-state index < -0.39 is 0 Å². The first kappa shape index (κ1) is 13.8. The quantitative estimate of drug-likeness (QED) is 0.813. The third-order valence-electron chi connectivity index (χ3n) is 2.81. The Hall–Kier alpha value is -1.26. The molecule has 0 aromatic heterocycles. The van der Waals surface area contributed by atoms with E-state index >= 15 is 0 Å². The predicted molar refractivity (Wildman–Crippen MR) is 64.6 cm³/mol. The summed E-state index contributed by atoms with van der Waals surface area (Å²) >= 11 is 0. The molecule has 0 aliphatic carbocycles. The zero-order valence-corrected chi connectivity index (χ0v) is 10.9. The van der Waals surface area contributed by atoms with E-state index in [9.17, 15) is 9.59 Å². The second kappa shape index (κ2) is 6.47. The van der Waals surface area contributed by atoms with E-state index in [2.05, 4.69) is 10.1 Å². The van der Waals surface area contributed by atoms with Gasteiger partial charge in [-0.15, -0.1) is 0 Å². The molecule has 0 radical (unpaired) electrons. The number of methoxy groups -OCH3 is 1. The Labute approximate surface area is 102 Å². The molecule has 1 heterocycles.